The number of pyridine rings is 1. The van der Waals surface area contributed by atoms with E-state index in [4.69, 9.17) is 0 Å². The summed E-state index contributed by atoms with van der Waals surface area (Å²) in [7, 11) is 0. The van der Waals surface area contributed by atoms with E-state index in [-0.39, 0.29) is 5.91 Å². The first-order valence-corrected chi connectivity index (χ1v) is 8.02. The molecule has 1 N–H and O–H groups in total. The molecule has 3 heteroatoms. The summed E-state index contributed by atoms with van der Waals surface area (Å²) in [4.78, 5) is 16.9. The first-order chi connectivity index (χ1) is 11.3. The van der Waals surface area contributed by atoms with E-state index in [0.717, 1.165) is 29.4 Å². The number of hydrogen-bond acceptors (Lipinski definition) is 2. The summed E-state index contributed by atoms with van der Waals surface area (Å²) in [5.74, 6) is 0.388. The van der Waals surface area contributed by atoms with Gasteiger partial charge in [0.05, 0.1) is 11.2 Å². The van der Waals surface area contributed by atoms with Gasteiger partial charge in [-0.05, 0) is 42.0 Å². The molecule has 3 nitrogen and oxygen atoms in total. The summed E-state index contributed by atoms with van der Waals surface area (Å²) in [5.41, 5.74) is 4.35. The van der Waals surface area contributed by atoms with Crippen molar-refractivity contribution in [3.05, 3.63) is 71.9 Å². The molecular formula is C20H18N2O. The van der Waals surface area contributed by atoms with Gasteiger partial charge in [-0.25, -0.2) is 0 Å². The Balaban J connectivity index is 1.52. The fraction of sp³-hybridized carbons (Fsp3) is 0.200. The second kappa shape index (κ2) is 5.84. The number of nitrogens with zero attached hydrogens (tertiary/aromatic N) is 1. The van der Waals surface area contributed by atoms with Gasteiger partial charge in [-0.3, -0.25) is 9.78 Å². The predicted octanol–water partition coefficient (Wildman–Crippen LogP) is 4.29. The van der Waals surface area contributed by atoms with E-state index in [1.165, 1.54) is 11.1 Å². The topological polar surface area (TPSA) is 42.0 Å². The highest BCUT2D eigenvalue weighted by atomic mass is 16.1. The normalized spacial score (nSPS) is 16.3. The summed E-state index contributed by atoms with van der Waals surface area (Å²) in [5, 5.41) is 4.08. The van der Waals surface area contributed by atoms with Crippen molar-refractivity contribution in [1.29, 1.82) is 0 Å². The van der Waals surface area contributed by atoms with Crippen LogP contribution in [0.3, 0.4) is 0 Å². The zero-order valence-electron chi connectivity index (χ0n) is 12.8. The van der Waals surface area contributed by atoms with Crippen molar-refractivity contribution in [3.63, 3.8) is 0 Å². The number of anilines is 1. The third-order valence-electron chi connectivity index (χ3n) is 4.60. The SMILES string of the molecule is O=C(CC1CCc2ccccc21)Nc1cccc2cccnc12. The molecule has 1 aliphatic rings. The van der Waals surface area contributed by atoms with E-state index in [2.05, 4.69) is 34.6 Å². The smallest absolute Gasteiger partial charge is 0.225 e. The quantitative estimate of drug-likeness (QED) is 0.784. The number of carbonyl (C=O) groups is 1. The van der Waals surface area contributed by atoms with Gasteiger partial charge in [0.25, 0.3) is 0 Å². The number of hydrogen-bond donors (Lipinski definition) is 1. The number of rotatable bonds is 3. The summed E-state index contributed by atoms with van der Waals surface area (Å²) in [6.07, 6.45) is 4.41. The molecule has 0 saturated carbocycles. The Morgan fingerprint density at radius 2 is 1.96 bits per heavy atom. The molecule has 2 aromatic carbocycles. The lowest BCUT2D eigenvalue weighted by molar-refractivity contribution is -0.116. The van der Waals surface area contributed by atoms with Crippen LogP contribution in [-0.4, -0.2) is 10.9 Å². The van der Waals surface area contributed by atoms with Crippen LogP contribution >= 0.6 is 0 Å². The Morgan fingerprint density at radius 1 is 1.09 bits per heavy atom. The second-order valence-corrected chi connectivity index (χ2v) is 6.07. The molecule has 1 heterocycles. The number of amides is 1. The lowest BCUT2D eigenvalue weighted by atomic mass is 9.97. The Hall–Kier alpha value is -2.68. The third-order valence-corrected chi connectivity index (χ3v) is 4.60. The molecule has 23 heavy (non-hydrogen) atoms. The third kappa shape index (κ3) is 2.70. The first-order valence-electron chi connectivity index (χ1n) is 8.02. The van der Waals surface area contributed by atoms with Gasteiger partial charge < -0.3 is 5.32 Å². The van der Waals surface area contributed by atoms with Crippen molar-refractivity contribution in [2.45, 2.75) is 25.2 Å². The van der Waals surface area contributed by atoms with Crippen LogP contribution in [0.4, 0.5) is 5.69 Å². The second-order valence-electron chi connectivity index (χ2n) is 6.07. The highest BCUT2D eigenvalue weighted by Gasteiger charge is 2.24. The average Bonchev–Trinajstić information content (AvgIpc) is 2.98. The van der Waals surface area contributed by atoms with Gasteiger partial charge in [0.15, 0.2) is 0 Å². The van der Waals surface area contributed by atoms with Crippen LogP contribution in [0.5, 0.6) is 0 Å². The van der Waals surface area contributed by atoms with E-state index in [0.29, 0.717) is 12.3 Å². The molecule has 114 valence electrons. The molecule has 1 atom stereocenters. The highest BCUT2D eigenvalue weighted by Crippen LogP contribution is 2.35. The summed E-state index contributed by atoms with van der Waals surface area (Å²) in [6.45, 7) is 0. The van der Waals surface area contributed by atoms with Crippen LogP contribution < -0.4 is 5.32 Å². The molecule has 3 aromatic rings. The molecular weight excluding hydrogens is 284 g/mol. The molecule has 1 aromatic heterocycles. The minimum Gasteiger partial charge on any atom is -0.324 e. The van der Waals surface area contributed by atoms with Crippen molar-refractivity contribution < 1.29 is 4.79 Å². The van der Waals surface area contributed by atoms with Gasteiger partial charge in [0.2, 0.25) is 5.91 Å². The van der Waals surface area contributed by atoms with E-state index >= 15 is 0 Å². The molecule has 0 bridgehead atoms. The van der Waals surface area contributed by atoms with Crippen LogP contribution in [0, 0.1) is 0 Å². The Morgan fingerprint density at radius 3 is 2.91 bits per heavy atom. The highest BCUT2D eigenvalue weighted by molar-refractivity contribution is 6.00. The monoisotopic (exact) mass is 302 g/mol. The van der Waals surface area contributed by atoms with E-state index < -0.39 is 0 Å². The fourth-order valence-electron chi connectivity index (χ4n) is 3.49. The molecule has 0 radical (unpaired) electrons. The van der Waals surface area contributed by atoms with Crippen molar-refractivity contribution >= 4 is 22.5 Å². The predicted molar refractivity (Wildman–Crippen MR) is 92.5 cm³/mol. The summed E-state index contributed by atoms with van der Waals surface area (Å²) < 4.78 is 0. The number of carbonyl (C=O) groups excluding carboxylic acids is 1. The number of aryl methyl sites for hydroxylation is 1. The molecule has 0 saturated heterocycles. The molecule has 1 amide bonds. The van der Waals surface area contributed by atoms with Crippen molar-refractivity contribution in [2.75, 3.05) is 5.32 Å². The molecule has 0 fully saturated rings. The molecule has 0 spiro atoms. The Bertz CT molecular complexity index is 867. The largest absolute Gasteiger partial charge is 0.324 e. The van der Waals surface area contributed by atoms with Crippen LogP contribution in [0.15, 0.2) is 60.8 Å². The number of nitrogens with one attached hydrogen (secondary N) is 1. The first kappa shape index (κ1) is 13.9. The molecule has 0 aliphatic heterocycles. The van der Waals surface area contributed by atoms with Crippen LogP contribution in [0.1, 0.15) is 29.9 Å². The Labute approximate surface area is 135 Å². The van der Waals surface area contributed by atoms with Gasteiger partial charge in [-0.1, -0.05) is 42.5 Å². The van der Waals surface area contributed by atoms with E-state index in [1.54, 1.807) is 6.20 Å². The standard InChI is InChI=1S/C20H18N2O/c23-19(13-16-11-10-14-5-1-2-8-17(14)16)22-18-9-3-6-15-7-4-12-21-20(15)18/h1-9,12,16H,10-11,13H2,(H,22,23). The maximum Gasteiger partial charge on any atom is 0.225 e. The van der Waals surface area contributed by atoms with Gasteiger partial charge in [-0.2, -0.15) is 0 Å². The van der Waals surface area contributed by atoms with Crippen molar-refractivity contribution in [1.82, 2.24) is 4.98 Å². The maximum absolute atomic E-state index is 12.5. The van der Waals surface area contributed by atoms with E-state index in [9.17, 15) is 4.79 Å². The minimum atomic E-state index is 0.0601. The van der Waals surface area contributed by atoms with Gasteiger partial charge in [0.1, 0.15) is 0 Å². The molecule has 1 aliphatic carbocycles. The zero-order chi connectivity index (χ0) is 15.6. The minimum absolute atomic E-state index is 0.0601. The summed E-state index contributed by atoms with van der Waals surface area (Å²) in [6, 6.07) is 18.2. The van der Waals surface area contributed by atoms with Gasteiger partial charge >= 0.3 is 0 Å². The van der Waals surface area contributed by atoms with Gasteiger partial charge in [-0.15, -0.1) is 0 Å². The van der Waals surface area contributed by atoms with Crippen LogP contribution in [-0.2, 0) is 11.2 Å². The number of aromatic nitrogens is 1. The number of para-hydroxylation sites is 1. The van der Waals surface area contributed by atoms with Gasteiger partial charge in [0, 0.05) is 18.0 Å². The number of fused-ring (bicyclic) bond motifs is 2. The lowest BCUT2D eigenvalue weighted by Gasteiger charge is -2.12. The van der Waals surface area contributed by atoms with Crippen LogP contribution in [0.2, 0.25) is 0 Å². The number of benzene rings is 2. The molecule has 1 unspecified atom stereocenters. The van der Waals surface area contributed by atoms with Crippen molar-refractivity contribution in [2.24, 2.45) is 0 Å². The van der Waals surface area contributed by atoms with Crippen molar-refractivity contribution in [3.8, 4) is 0 Å². The fourth-order valence-corrected chi connectivity index (χ4v) is 3.49. The lowest BCUT2D eigenvalue weighted by Crippen LogP contribution is -2.15. The maximum atomic E-state index is 12.5. The summed E-state index contributed by atoms with van der Waals surface area (Å²) >= 11 is 0. The van der Waals surface area contributed by atoms with Crippen LogP contribution in [0.25, 0.3) is 10.9 Å². The Kier molecular flexibility index (Phi) is 3.54. The molecule has 4 rings (SSSR count). The van der Waals surface area contributed by atoms with E-state index in [1.807, 2.05) is 30.3 Å². The average molecular weight is 302 g/mol. The zero-order valence-corrected chi connectivity index (χ0v) is 12.8.